The van der Waals surface area contributed by atoms with Crippen LogP contribution in [0, 0.1) is 20.2 Å². The number of nitrogens with zero attached hydrogens (tertiary/aromatic N) is 3. The minimum absolute atomic E-state index is 0.0295. The summed E-state index contributed by atoms with van der Waals surface area (Å²) in [5.74, 6) is -1.57. The van der Waals surface area contributed by atoms with Crippen molar-refractivity contribution in [2.45, 2.75) is 20.3 Å². The van der Waals surface area contributed by atoms with Gasteiger partial charge in [-0.3, -0.25) is 10.1 Å². The Morgan fingerprint density at radius 3 is 2.00 bits per heavy atom. The molecule has 0 N–H and O–H groups in total. The molecule has 1 aromatic rings. The number of methoxy groups -OCH3 is 1. The zero-order valence-corrected chi connectivity index (χ0v) is 18.3. The summed E-state index contributed by atoms with van der Waals surface area (Å²) in [5, 5.41) is 20.8. The van der Waals surface area contributed by atoms with Gasteiger partial charge in [0.15, 0.2) is 0 Å². The van der Waals surface area contributed by atoms with Crippen LogP contribution in [0.2, 0.25) is 0 Å². The molecular weight excluding hydrogens is 442 g/mol. The second kappa shape index (κ2) is 11.6. The molecule has 0 unspecified atom stereocenters. The molecule has 0 radical (unpaired) electrons. The Hall–Kier alpha value is -4.00. The average molecular weight is 465 g/mol. The van der Waals surface area contributed by atoms with E-state index in [1.165, 1.54) is 30.2 Å². The summed E-state index contributed by atoms with van der Waals surface area (Å²) in [6.07, 6.45) is -0.157. The van der Waals surface area contributed by atoms with Crippen LogP contribution in [0.25, 0.3) is 0 Å². The molecule has 0 amide bonds. The molecule has 1 aliphatic heterocycles. The molecule has 0 aromatic heterocycles. The molecule has 178 valence electrons. The van der Waals surface area contributed by atoms with Crippen LogP contribution in [0.1, 0.15) is 20.3 Å². The maximum absolute atomic E-state index is 12.7. The highest BCUT2D eigenvalue weighted by molar-refractivity contribution is 5.99. The van der Waals surface area contributed by atoms with E-state index in [1.807, 2.05) is 0 Å². The van der Waals surface area contributed by atoms with Crippen molar-refractivity contribution in [2.75, 3.05) is 38.4 Å². The number of carbonyl (C=O) groups excluding carboxylic acids is 2. The van der Waals surface area contributed by atoms with Crippen LogP contribution < -0.4 is 4.90 Å². The predicted molar refractivity (Wildman–Crippen MR) is 112 cm³/mol. The zero-order valence-electron chi connectivity index (χ0n) is 18.3. The Labute approximate surface area is 188 Å². The molecule has 0 saturated heterocycles. The molecule has 33 heavy (non-hydrogen) atoms. The number of carbonyl (C=O) groups is 2. The highest BCUT2D eigenvalue weighted by atomic mass is 17.0. The van der Waals surface area contributed by atoms with Gasteiger partial charge in [0, 0.05) is 31.0 Å². The molecule has 13 heteroatoms. The quantitative estimate of drug-likeness (QED) is 0.204. The topological polar surface area (TPSA) is 161 Å². The van der Waals surface area contributed by atoms with Gasteiger partial charge >= 0.3 is 11.9 Å². The Kier molecular flexibility index (Phi) is 8.86. The first-order valence-electron chi connectivity index (χ1n) is 9.72. The predicted octanol–water partition coefficient (Wildman–Crippen LogP) is 2.29. The smallest absolute Gasteiger partial charge is 0.336 e. The molecule has 0 saturated carbocycles. The molecule has 13 nitrogen and oxygen atoms in total. The number of esters is 2. The highest BCUT2D eigenvalue weighted by Gasteiger charge is 2.34. The lowest BCUT2D eigenvalue weighted by molar-refractivity contribution is -0.757. The first-order valence-corrected chi connectivity index (χ1v) is 9.72. The summed E-state index contributed by atoms with van der Waals surface area (Å²) in [6, 6.07) is 5.86. The molecule has 0 bridgehead atoms. The number of hydrogen-bond donors (Lipinski definition) is 0. The van der Waals surface area contributed by atoms with Crippen LogP contribution in [0.15, 0.2) is 46.8 Å². The van der Waals surface area contributed by atoms with Gasteiger partial charge in [0.1, 0.15) is 25.5 Å². The molecule has 0 fully saturated rings. The molecule has 0 spiro atoms. The van der Waals surface area contributed by atoms with Crippen molar-refractivity contribution in [3.8, 4) is 0 Å². The van der Waals surface area contributed by atoms with Crippen LogP contribution in [-0.4, -0.2) is 55.5 Å². The third-order valence-corrected chi connectivity index (χ3v) is 4.74. The van der Waals surface area contributed by atoms with Crippen LogP contribution in [0.5, 0.6) is 0 Å². The van der Waals surface area contributed by atoms with Gasteiger partial charge in [-0.2, -0.15) is 0 Å². The molecule has 2 rings (SSSR count). The first kappa shape index (κ1) is 25.3. The van der Waals surface area contributed by atoms with Crippen molar-refractivity contribution in [1.82, 2.24) is 0 Å². The third-order valence-electron chi connectivity index (χ3n) is 4.74. The van der Waals surface area contributed by atoms with Gasteiger partial charge in [-0.25, -0.2) is 9.59 Å². The lowest BCUT2D eigenvalue weighted by Gasteiger charge is -2.33. The van der Waals surface area contributed by atoms with E-state index in [9.17, 15) is 29.8 Å². The van der Waals surface area contributed by atoms with Gasteiger partial charge in [-0.15, -0.1) is 10.1 Å². The fourth-order valence-electron chi connectivity index (χ4n) is 3.20. The standard InChI is InChI=1S/C20H23N3O10/c1-13-15(19(24)31-9-8-30-3)12-16(20(25)32-10-11-33-23(28)29)14(2)21(13)17-6-4-5-7-18(17)22(26)27/h4-7H,8-12H2,1-3H3. The van der Waals surface area contributed by atoms with E-state index in [0.717, 1.165) is 0 Å². The lowest BCUT2D eigenvalue weighted by atomic mass is 9.95. The average Bonchev–Trinajstić information content (AvgIpc) is 2.77. The molecule has 1 aliphatic rings. The van der Waals surface area contributed by atoms with Gasteiger partial charge in [0.05, 0.1) is 22.7 Å². The number of ether oxygens (including phenoxy) is 3. The summed E-state index contributed by atoms with van der Waals surface area (Å²) >= 11 is 0. The lowest BCUT2D eigenvalue weighted by Crippen LogP contribution is -2.32. The Morgan fingerprint density at radius 1 is 0.939 bits per heavy atom. The number of hydrogen-bond acceptors (Lipinski definition) is 11. The molecule has 1 aromatic carbocycles. The van der Waals surface area contributed by atoms with E-state index in [1.54, 1.807) is 19.9 Å². The van der Waals surface area contributed by atoms with Crippen molar-refractivity contribution in [3.63, 3.8) is 0 Å². The number of nitro benzene ring substituents is 1. The zero-order chi connectivity index (χ0) is 24.5. The second-order valence-corrected chi connectivity index (χ2v) is 6.71. The summed E-state index contributed by atoms with van der Waals surface area (Å²) in [4.78, 5) is 52.3. The van der Waals surface area contributed by atoms with Crippen molar-refractivity contribution >= 4 is 23.3 Å². The van der Waals surface area contributed by atoms with Gasteiger partial charge in [-0.1, -0.05) is 12.1 Å². The van der Waals surface area contributed by atoms with E-state index in [2.05, 4.69) is 4.84 Å². The summed E-state index contributed by atoms with van der Waals surface area (Å²) in [7, 11) is 1.44. The fraction of sp³-hybridized carbons (Fsp3) is 0.400. The molecular formula is C20H23N3O10. The minimum Gasteiger partial charge on any atom is -0.460 e. The number of nitro groups is 1. The van der Waals surface area contributed by atoms with E-state index >= 15 is 0 Å². The second-order valence-electron chi connectivity index (χ2n) is 6.71. The van der Waals surface area contributed by atoms with Gasteiger partial charge in [-0.05, 0) is 19.9 Å². The number of para-hydroxylation sites is 2. The maximum atomic E-state index is 12.7. The van der Waals surface area contributed by atoms with E-state index in [4.69, 9.17) is 14.2 Å². The van der Waals surface area contributed by atoms with Gasteiger partial charge in [0.2, 0.25) is 0 Å². The molecule has 0 atom stereocenters. The van der Waals surface area contributed by atoms with E-state index < -0.39 is 35.2 Å². The fourth-order valence-corrected chi connectivity index (χ4v) is 3.20. The Balaban J connectivity index is 2.46. The van der Waals surface area contributed by atoms with Crippen LogP contribution in [0.4, 0.5) is 11.4 Å². The molecule has 0 aliphatic carbocycles. The number of rotatable bonds is 11. The van der Waals surface area contributed by atoms with Crippen LogP contribution >= 0.6 is 0 Å². The largest absolute Gasteiger partial charge is 0.460 e. The Morgan fingerprint density at radius 2 is 1.48 bits per heavy atom. The van der Waals surface area contributed by atoms with Gasteiger partial charge in [0.25, 0.3) is 10.8 Å². The number of anilines is 1. The van der Waals surface area contributed by atoms with Crippen LogP contribution in [-0.2, 0) is 28.6 Å². The molecule has 1 heterocycles. The van der Waals surface area contributed by atoms with Gasteiger partial charge < -0.3 is 23.9 Å². The monoisotopic (exact) mass is 465 g/mol. The maximum Gasteiger partial charge on any atom is 0.336 e. The van der Waals surface area contributed by atoms with Crippen molar-refractivity contribution < 1.29 is 38.6 Å². The van der Waals surface area contributed by atoms with Crippen molar-refractivity contribution in [1.29, 1.82) is 0 Å². The highest BCUT2D eigenvalue weighted by Crippen LogP contribution is 2.39. The first-order chi connectivity index (χ1) is 15.7. The van der Waals surface area contributed by atoms with Crippen molar-refractivity contribution in [3.05, 3.63) is 67.0 Å². The number of allylic oxidation sites excluding steroid dienone is 2. The summed E-state index contributed by atoms with van der Waals surface area (Å²) < 4.78 is 15.1. The van der Waals surface area contributed by atoms with E-state index in [0.29, 0.717) is 11.4 Å². The van der Waals surface area contributed by atoms with Crippen molar-refractivity contribution in [2.24, 2.45) is 0 Å². The SMILES string of the molecule is COCCOC(=O)C1=C(C)N(c2ccccc2[N+](=O)[O-])C(C)=C(C(=O)OCCO[N+](=O)[O-])C1. The third kappa shape index (κ3) is 6.26. The number of benzene rings is 1. The van der Waals surface area contributed by atoms with Crippen LogP contribution in [0.3, 0.4) is 0 Å². The normalized spacial score (nSPS) is 13.6. The summed E-state index contributed by atoms with van der Waals surface area (Å²) in [6.45, 7) is 2.39. The Bertz CT molecular complexity index is 1000. The summed E-state index contributed by atoms with van der Waals surface area (Å²) in [5.41, 5.74) is 0.688. The minimum atomic E-state index is -1.02. The van der Waals surface area contributed by atoms with E-state index in [-0.39, 0.29) is 42.2 Å².